The molecule has 0 aliphatic rings. The van der Waals surface area contributed by atoms with Crippen molar-refractivity contribution in [3.05, 3.63) is 78.1 Å². The Labute approximate surface area is 172 Å². The zero-order chi connectivity index (χ0) is 20.2. The summed E-state index contributed by atoms with van der Waals surface area (Å²) in [6, 6.07) is 22.9. The number of nitrogens with one attached hydrogen (secondary N) is 1. The van der Waals surface area contributed by atoms with Crippen LogP contribution in [0.4, 0.5) is 0 Å². The molecular weight excluding hydrogens is 372 g/mol. The van der Waals surface area contributed by atoms with E-state index in [0.717, 1.165) is 38.9 Å². The van der Waals surface area contributed by atoms with E-state index >= 15 is 0 Å². The maximum atomic E-state index is 4.74. The number of para-hydroxylation sites is 1. The second-order valence-corrected chi connectivity index (χ2v) is 7.50. The summed E-state index contributed by atoms with van der Waals surface area (Å²) in [6.45, 7) is 4.06. The molecule has 0 radical (unpaired) electrons. The summed E-state index contributed by atoms with van der Waals surface area (Å²) in [6.07, 6.45) is 0. The SMILES string of the molecule is Cc1nn(-c2nnc3c(n2)[nH]c2ccccc23)c(C)c1-c1ccc2ccccc2c1. The highest BCUT2D eigenvalue weighted by atomic mass is 15.4. The largest absolute Gasteiger partial charge is 0.338 e. The van der Waals surface area contributed by atoms with E-state index < -0.39 is 0 Å². The molecule has 3 heterocycles. The molecule has 1 N–H and O–H groups in total. The fourth-order valence-electron chi connectivity index (χ4n) is 4.20. The second kappa shape index (κ2) is 6.22. The van der Waals surface area contributed by atoms with Crippen LogP contribution in [0.2, 0.25) is 0 Å². The fraction of sp³-hybridized carbons (Fsp3) is 0.0833. The lowest BCUT2D eigenvalue weighted by Gasteiger charge is -2.06. The van der Waals surface area contributed by atoms with Crippen molar-refractivity contribution in [3.63, 3.8) is 0 Å². The van der Waals surface area contributed by atoms with E-state index in [0.29, 0.717) is 11.6 Å². The lowest BCUT2D eigenvalue weighted by molar-refractivity contribution is 0.757. The molecule has 0 unspecified atom stereocenters. The topological polar surface area (TPSA) is 72.3 Å². The number of rotatable bonds is 2. The molecule has 3 aromatic heterocycles. The molecule has 0 fully saturated rings. The monoisotopic (exact) mass is 390 g/mol. The molecular formula is C24H18N6. The third kappa shape index (κ3) is 2.43. The molecule has 0 amide bonds. The van der Waals surface area contributed by atoms with Gasteiger partial charge in [0.15, 0.2) is 5.65 Å². The Morgan fingerprint density at radius 3 is 2.53 bits per heavy atom. The average molecular weight is 390 g/mol. The first-order valence-corrected chi connectivity index (χ1v) is 9.86. The van der Waals surface area contributed by atoms with Crippen molar-refractivity contribution in [2.45, 2.75) is 13.8 Å². The van der Waals surface area contributed by atoms with Crippen LogP contribution in [-0.4, -0.2) is 29.9 Å². The maximum Gasteiger partial charge on any atom is 0.272 e. The Bertz CT molecular complexity index is 1570. The summed E-state index contributed by atoms with van der Waals surface area (Å²) in [5.41, 5.74) is 6.63. The zero-order valence-corrected chi connectivity index (χ0v) is 16.6. The molecule has 0 aliphatic heterocycles. The summed E-state index contributed by atoms with van der Waals surface area (Å²) in [5.74, 6) is 0.460. The van der Waals surface area contributed by atoms with Gasteiger partial charge in [-0.25, -0.2) is 4.68 Å². The van der Waals surface area contributed by atoms with Gasteiger partial charge in [-0.15, -0.1) is 10.2 Å². The predicted molar refractivity (Wildman–Crippen MR) is 119 cm³/mol. The van der Waals surface area contributed by atoms with Crippen LogP contribution in [0.5, 0.6) is 0 Å². The van der Waals surface area contributed by atoms with Crippen molar-refractivity contribution >= 4 is 32.8 Å². The minimum absolute atomic E-state index is 0.460. The molecule has 30 heavy (non-hydrogen) atoms. The molecule has 0 bridgehead atoms. The fourth-order valence-corrected chi connectivity index (χ4v) is 4.20. The van der Waals surface area contributed by atoms with Crippen molar-refractivity contribution in [2.24, 2.45) is 0 Å². The van der Waals surface area contributed by atoms with Crippen LogP contribution in [-0.2, 0) is 0 Å². The number of nitrogens with zero attached hydrogens (tertiary/aromatic N) is 5. The number of benzene rings is 3. The zero-order valence-electron chi connectivity index (χ0n) is 16.6. The predicted octanol–water partition coefficient (Wildman–Crippen LogP) is 5.13. The molecule has 6 heteroatoms. The molecule has 0 aliphatic carbocycles. The number of fused-ring (bicyclic) bond motifs is 4. The number of aromatic amines is 1. The summed E-state index contributed by atoms with van der Waals surface area (Å²) in [7, 11) is 0. The van der Waals surface area contributed by atoms with Crippen LogP contribution in [0.15, 0.2) is 66.7 Å². The van der Waals surface area contributed by atoms with E-state index in [9.17, 15) is 0 Å². The summed E-state index contributed by atoms with van der Waals surface area (Å²) < 4.78 is 1.78. The number of aryl methyl sites for hydroxylation is 1. The van der Waals surface area contributed by atoms with Gasteiger partial charge in [0.05, 0.1) is 11.4 Å². The highest BCUT2D eigenvalue weighted by Crippen LogP contribution is 2.31. The molecule has 0 atom stereocenters. The normalized spacial score (nSPS) is 11.7. The van der Waals surface area contributed by atoms with Gasteiger partial charge in [0.2, 0.25) is 0 Å². The van der Waals surface area contributed by atoms with Crippen LogP contribution >= 0.6 is 0 Å². The Morgan fingerprint density at radius 2 is 1.63 bits per heavy atom. The van der Waals surface area contributed by atoms with E-state index in [4.69, 9.17) is 10.1 Å². The van der Waals surface area contributed by atoms with Crippen LogP contribution < -0.4 is 0 Å². The van der Waals surface area contributed by atoms with Gasteiger partial charge in [-0.2, -0.15) is 10.1 Å². The van der Waals surface area contributed by atoms with E-state index in [-0.39, 0.29) is 0 Å². The molecule has 0 saturated heterocycles. The molecule has 6 aromatic rings. The van der Waals surface area contributed by atoms with Crippen LogP contribution in [0.1, 0.15) is 11.4 Å². The Balaban J connectivity index is 1.51. The van der Waals surface area contributed by atoms with Gasteiger partial charge in [-0.05, 0) is 42.3 Å². The first-order valence-electron chi connectivity index (χ1n) is 9.86. The highest BCUT2D eigenvalue weighted by Gasteiger charge is 2.18. The highest BCUT2D eigenvalue weighted by molar-refractivity contribution is 6.03. The lowest BCUT2D eigenvalue weighted by atomic mass is 10.00. The van der Waals surface area contributed by atoms with Gasteiger partial charge < -0.3 is 4.98 Å². The molecule has 6 nitrogen and oxygen atoms in total. The Morgan fingerprint density at radius 1 is 0.833 bits per heavy atom. The number of hydrogen-bond donors (Lipinski definition) is 1. The van der Waals surface area contributed by atoms with Gasteiger partial charge in [0, 0.05) is 16.5 Å². The first kappa shape index (κ1) is 16.9. The minimum atomic E-state index is 0.460. The smallest absolute Gasteiger partial charge is 0.272 e. The lowest BCUT2D eigenvalue weighted by Crippen LogP contribution is -2.06. The number of aromatic nitrogens is 6. The quantitative estimate of drug-likeness (QED) is 0.445. The molecule has 0 saturated carbocycles. The van der Waals surface area contributed by atoms with Crippen molar-refractivity contribution in [1.29, 1.82) is 0 Å². The summed E-state index contributed by atoms with van der Waals surface area (Å²) in [4.78, 5) is 8.04. The third-order valence-electron chi connectivity index (χ3n) is 5.63. The van der Waals surface area contributed by atoms with Crippen molar-refractivity contribution in [2.75, 3.05) is 0 Å². The molecule has 3 aromatic carbocycles. The van der Waals surface area contributed by atoms with Crippen molar-refractivity contribution in [1.82, 2.24) is 29.9 Å². The molecule has 6 rings (SSSR count). The Kier molecular flexibility index (Phi) is 3.49. The summed E-state index contributed by atoms with van der Waals surface area (Å²) >= 11 is 0. The van der Waals surface area contributed by atoms with Crippen molar-refractivity contribution in [3.8, 4) is 17.1 Å². The van der Waals surface area contributed by atoms with Gasteiger partial charge in [0.1, 0.15) is 5.52 Å². The molecule has 144 valence electrons. The van der Waals surface area contributed by atoms with E-state index in [1.165, 1.54) is 10.8 Å². The van der Waals surface area contributed by atoms with Crippen molar-refractivity contribution < 1.29 is 0 Å². The average Bonchev–Trinajstić information content (AvgIpc) is 3.29. The van der Waals surface area contributed by atoms with Crippen LogP contribution in [0, 0.1) is 13.8 Å². The van der Waals surface area contributed by atoms with Gasteiger partial charge in [-0.3, -0.25) is 0 Å². The number of hydrogen-bond acceptors (Lipinski definition) is 4. The van der Waals surface area contributed by atoms with E-state index in [1.54, 1.807) is 4.68 Å². The van der Waals surface area contributed by atoms with Crippen LogP contribution in [0.25, 0.3) is 49.9 Å². The van der Waals surface area contributed by atoms with E-state index in [2.05, 4.69) is 57.6 Å². The summed E-state index contributed by atoms with van der Waals surface area (Å²) in [5, 5.41) is 17.0. The Hall–Kier alpha value is -4.06. The number of H-pyrrole nitrogens is 1. The van der Waals surface area contributed by atoms with Gasteiger partial charge in [0.25, 0.3) is 5.95 Å². The van der Waals surface area contributed by atoms with E-state index in [1.807, 2.05) is 38.1 Å². The minimum Gasteiger partial charge on any atom is -0.338 e. The standard InChI is InChI=1S/C24H18N6/c1-14-21(18-12-11-16-7-3-4-8-17(16)13-18)15(2)30(29-14)24-26-23-22(27-28-24)19-9-5-6-10-20(19)25-23/h3-13H,1-2H3,(H,25,26,28). The van der Waals surface area contributed by atoms with Gasteiger partial charge in [-0.1, -0.05) is 54.6 Å². The maximum absolute atomic E-state index is 4.74. The van der Waals surface area contributed by atoms with Crippen LogP contribution in [0.3, 0.4) is 0 Å². The van der Waals surface area contributed by atoms with Gasteiger partial charge >= 0.3 is 0 Å². The first-order chi connectivity index (χ1) is 14.7. The molecule has 0 spiro atoms. The third-order valence-corrected chi connectivity index (χ3v) is 5.63. The second-order valence-electron chi connectivity index (χ2n) is 7.50.